The number of alkyl halides is 3. The molecule has 1 aliphatic rings. The van der Waals surface area contributed by atoms with Crippen LogP contribution in [0.4, 0.5) is 13.2 Å². The van der Waals surface area contributed by atoms with Gasteiger partial charge in [0.05, 0.1) is 6.42 Å². The zero-order valence-electron chi connectivity index (χ0n) is 11.4. The number of hydrogen-bond donors (Lipinski definition) is 1. The summed E-state index contributed by atoms with van der Waals surface area (Å²) in [6.45, 7) is 1.63. The molecule has 1 unspecified atom stereocenters. The molecular formula is C14H15F3N2O2. The molecule has 0 saturated carbocycles. The zero-order valence-corrected chi connectivity index (χ0v) is 11.4. The lowest BCUT2D eigenvalue weighted by Gasteiger charge is -2.32. The third-order valence-electron chi connectivity index (χ3n) is 3.34. The van der Waals surface area contributed by atoms with Crippen LogP contribution < -0.4 is 0 Å². The van der Waals surface area contributed by atoms with E-state index in [2.05, 4.69) is 5.10 Å². The standard InChI is InChI=1S/C14H15F3N2O2/c1-2-11-9-13(21,14(15,16)17)19(18-11)12(20)8-10-6-4-3-5-7-10/h3-7,21H,2,8-9H2,1H3. The Balaban J connectivity index is 2.26. The van der Waals surface area contributed by atoms with Crippen LogP contribution in [0.5, 0.6) is 0 Å². The van der Waals surface area contributed by atoms with Gasteiger partial charge in [0, 0.05) is 12.1 Å². The molecule has 114 valence electrons. The highest BCUT2D eigenvalue weighted by molar-refractivity contribution is 5.91. The molecule has 0 radical (unpaired) electrons. The summed E-state index contributed by atoms with van der Waals surface area (Å²) >= 11 is 0. The maximum absolute atomic E-state index is 13.1. The van der Waals surface area contributed by atoms with Crippen molar-refractivity contribution in [1.29, 1.82) is 0 Å². The zero-order chi connectivity index (χ0) is 15.7. The summed E-state index contributed by atoms with van der Waals surface area (Å²) < 4.78 is 39.3. The van der Waals surface area contributed by atoms with Crippen molar-refractivity contribution in [3.05, 3.63) is 35.9 Å². The van der Waals surface area contributed by atoms with Crippen LogP contribution in [0.3, 0.4) is 0 Å². The molecule has 7 heteroatoms. The third-order valence-corrected chi connectivity index (χ3v) is 3.34. The normalized spacial score (nSPS) is 22.3. The molecule has 0 aliphatic carbocycles. The topological polar surface area (TPSA) is 52.9 Å². The van der Waals surface area contributed by atoms with Gasteiger partial charge in [0.1, 0.15) is 0 Å². The number of aliphatic hydroxyl groups is 1. The summed E-state index contributed by atoms with van der Waals surface area (Å²) in [7, 11) is 0. The van der Waals surface area contributed by atoms with E-state index in [9.17, 15) is 23.1 Å². The molecule has 1 N–H and O–H groups in total. The summed E-state index contributed by atoms with van der Waals surface area (Å²) in [5, 5.41) is 13.7. The molecular weight excluding hydrogens is 285 g/mol. The lowest BCUT2D eigenvalue weighted by molar-refractivity contribution is -0.302. The predicted molar refractivity (Wildman–Crippen MR) is 70.3 cm³/mol. The van der Waals surface area contributed by atoms with Crippen LogP contribution in [0.25, 0.3) is 0 Å². The second-order valence-electron chi connectivity index (χ2n) is 4.88. The van der Waals surface area contributed by atoms with E-state index >= 15 is 0 Å². The molecule has 0 spiro atoms. The minimum absolute atomic E-state index is 0.149. The average Bonchev–Trinajstić information content (AvgIpc) is 2.78. The smallest absolute Gasteiger partial charge is 0.362 e. The number of hydrazone groups is 1. The Morgan fingerprint density at radius 2 is 2.00 bits per heavy atom. The first kappa shape index (κ1) is 15.5. The monoisotopic (exact) mass is 300 g/mol. The number of benzene rings is 1. The summed E-state index contributed by atoms with van der Waals surface area (Å²) in [6, 6.07) is 8.37. The van der Waals surface area contributed by atoms with E-state index in [0.717, 1.165) is 0 Å². The third kappa shape index (κ3) is 2.92. The lowest BCUT2D eigenvalue weighted by Crippen LogP contribution is -2.57. The number of rotatable bonds is 3. The second kappa shape index (κ2) is 5.48. The maximum atomic E-state index is 13.1. The van der Waals surface area contributed by atoms with Crippen molar-refractivity contribution in [2.45, 2.75) is 38.1 Å². The van der Waals surface area contributed by atoms with Crippen molar-refractivity contribution in [3.63, 3.8) is 0 Å². The van der Waals surface area contributed by atoms with Crippen molar-refractivity contribution in [2.75, 3.05) is 0 Å². The van der Waals surface area contributed by atoms with Crippen LogP contribution in [0.1, 0.15) is 25.3 Å². The molecule has 0 fully saturated rings. The molecule has 0 bridgehead atoms. The van der Waals surface area contributed by atoms with Gasteiger partial charge in [0.15, 0.2) is 0 Å². The number of nitrogens with zero attached hydrogens (tertiary/aromatic N) is 2. The fourth-order valence-electron chi connectivity index (χ4n) is 2.14. The van der Waals surface area contributed by atoms with E-state index in [1.54, 1.807) is 37.3 Å². The number of amides is 1. The Kier molecular flexibility index (Phi) is 4.04. The number of carbonyl (C=O) groups is 1. The highest BCUT2D eigenvalue weighted by Gasteiger charge is 2.62. The van der Waals surface area contributed by atoms with Crippen LogP contribution in [0.15, 0.2) is 35.4 Å². The molecule has 21 heavy (non-hydrogen) atoms. The van der Waals surface area contributed by atoms with E-state index in [0.29, 0.717) is 5.56 Å². The van der Waals surface area contributed by atoms with E-state index in [1.807, 2.05) is 0 Å². The van der Waals surface area contributed by atoms with Gasteiger partial charge < -0.3 is 5.11 Å². The van der Waals surface area contributed by atoms with Gasteiger partial charge in [0.2, 0.25) is 5.91 Å². The molecule has 2 rings (SSSR count). The van der Waals surface area contributed by atoms with Gasteiger partial charge in [-0.1, -0.05) is 37.3 Å². The van der Waals surface area contributed by atoms with Crippen molar-refractivity contribution >= 4 is 11.6 Å². The Morgan fingerprint density at radius 1 is 1.38 bits per heavy atom. The Bertz CT molecular complexity index is 557. The molecule has 1 amide bonds. The van der Waals surface area contributed by atoms with Crippen LogP contribution in [-0.4, -0.2) is 33.6 Å². The molecule has 0 aromatic heterocycles. The minimum Gasteiger partial charge on any atom is -0.362 e. The van der Waals surface area contributed by atoms with Gasteiger partial charge in [-0.15, -0.1) is 0 Å². The maximum Gasteiger partial charge on any atom is 0.438 e. The number of hydrogen-bond acceptors (Lipinski definition) is 3. The molecule has 1 aliphatic heterocycles. The first-order valence-electron chi connectivity index (χ1n) is 6.50. The minimum atomic E-state index is -4.96. The molecule has 4 nitrogen and oxygen atoms in total. The first-order chi connectivity index (χ1) is 9.78. The van der Waals surface area contributed by atoms with Gasteiger partial charge in [-0.2, -0.15) is 23.3 Å². The number of carbonyl (C=O) groups excluding carboxylic acids is 1. The summed E-state index contributed by atoms with van der Waals surface area (Å²) in [4.78, 5) is 12.1. The first-order valence-corrected chi connectivity index (χ1v) is 6.50. The SMILES string of the molecule is CCC1=NN(C(=O)Cc2ccccc2)C(O)(C(F)(F)F)C1. The van der Waals surface area contributed by atoms with Gasteiger partial charge in [0.25, 0.3) is 5.72 Å². The number of halogens is 3. The van der Waals surface area contributed by atoms with E-state index in [1.165, 1.54) is 0 Å². The van der Waals surface area contributed by atoms with Gasteiger partial charge >= 0.3 is 6.18 Å². The van der Waals surface area contributed by atoms with Crippen molar-refractivity contribution in [2.24, 2.45) is 5.10 Å². The van der Waals surface area contributed by atoms with E-state index < -0.39 is 24.2 Å². The largest absolute Gasteiger partial charge is 0.438 e. The fourth-order valence-corrected chi connectivity index (χ4v) is 2.14. The van der Waals surface area contributed by atoms with Gasteiger partial charge in [-0.3, -0.25) is 4.79 Å². The predicted octanol–water partition coefficient (Wildman–Crippen LogP) is 2.48. The summed E-state index contributed by atoms with van der Waals surface area (Å²) in [5.74, 6) is -0.885. The van der Waals surface area contributed by atoms with Gasteiger partial charge in [-0.25, -0.2) is 0 Å². The van der Waals surface area contributed by atoms with Gasteiger partial charge in [-0.05, 0) is 12.0 Å². The van der Waals surface area contributed by atoms with E-state index in [-0.39, 0.29) is 23.6 Å². The van der Waals surface area contributed by atoms with Crippen LogP contribution in [0.2, 0.25) is 0 Å². The van der Waals surface area contributed by atoms with Crippen molar-refractivity contribution in [1.82, 2.24) is 5.01 Å². The van der Waals surface area contributed by atoms with Crippen molar-refractivity contribution in [3.8, 4) is 0 Å². The van der Waals surface area contributed by atoms with Crippen LogP contribution in [0, 0.1) is 0 Å². The molecule has 1 aromatic rings. The molecule has 1 aromatic carbocycles. The average molecular weight is 300 g/mol. The van der Waals surface area contributed by atoms with Crippen LogP contribution >= 0.6 is 0 Å². The second-order valence-corrected chi connectivity index (χ2v) is 4.88. The molecule has 0 saturated heterocycles. The lowest BCUT2D eigenvalue weighted by atomic mass is 10.0. The Hall–Kier alpha value is -1.89. The molecule has 1 heterocycles. The Labute approximate surface area is 119 Å². The highest BCUT2D eigenvalue weighted by Crippen LogP contribution is 2.40. The fraction of sp³-hybridized carbons (Fsp3) is 0.429. The Morgan fingerprint density at radius 3 is 2.52 bits per heavy atom. The highest BCUT2D eigenvalue weighted by atomic mass is 19.4. The van der Waals surface area contributed by atoms with Crippen molar-refractivity contribution < 1.29 is 23.1 Å². The summed E-state index contributed by atoms with van der Waals surface area (Å²) in [5.41, 5.74) is -2.53. The van der Waals surface area contributed by atoms with Crippen LogP contribution in [-0.2, 0) is 11.2 Å². The summed E-state index contributed by atoms with van der Waals surface area (Å²) in [6.07, 6.45) is -5.67. The molecule has 1 atom stereocenters. The van der Waals surface area contributed by atoms with E-state index in [4.69, 9.17) is 0 Å². The quantitative estimate of drug-likeness (QED) is 0.932.